The summed E-state index contributed by atoms with van der Waals surface area (Å²) in [5.74, 6) is 1.26. The third-order valence-corrected chi connectivity index (χ3v) is 3.53. The number of aromatic nitrogens is 2. The zero-order valence-corrected chi connectivity index (χ0v) is 10.9. The first-order valence-electron chi connectivity index (χ1n) is 6.62. The van der Waals surface area contributed by atoms with Gasteiger partial charge in [-0.15, -0.1) is 0 Å². The topological polar surface area (TPSA) is 62.1 Å². The SMILES string of the molecule is C[C@@H]1CCCN(C(=O)c2cc(-c3ccco3)[nH]n2)C1. The molecule has 5 nitrogen and oxygen atoms in total. The number of hydrogen-bond donors (Lipinski definition) is 1. The quantitative estimate of drug-likeness (QED) is 0.901. The molecule has 0 unspecified atom stereocenters. The number of H-pyrrole nitrogens is 1. The van der Waals surface area contributed by atoms with Crippen LogP contribution in [-0.4, -0.2) is 34.1 Å². The summed E-state index contributed by atoms with van der Waals surface area (Å²) in [6.07, 6.45) is 3.87. The van der Waals surface area contributed by atoms with Crippen LogP contribution < -0.4 is 0 Å². The first kappa shape index (κ1) is 12.0. The Morgan fingerprint density at radius 3 is 3.21 bits per heavy atom. The van der Waals surface area contributed by atoms with Gasteiger partial charge in [0.2, 0.25) is 0 Å². The standard InChI is InChI=1S/C14H17N3O2/c1-10-4-2-6-17(9-10)14(18)12-8-11(15-16-12)13-5-3-7-19-13/h3,5,7-8,10H,2,4,6,9H2,1H3,(H,15,16)/t10-/m1/s1. The Bertz CT molecular complexity index is 559. The zero-order chi connectivity index (χ0) is 13.2. The van der Waals surface area contributed by atoms with Crippen molar-refractivity contribution >= 4 is 5.91 Å². The van der Waals surface area contributed by atoms with Crippen molar-refractivity contribution < 1.29 is 9.21 Å². The molecule has 0 aromatic carbocycles. The summed E-state index contributed by atoms with van der Waals surface area (Å²) in [4.78, 5) is 14.2. The summed E-state index contributed by atoms with van der Waals surface area (Å²) in [6, 6.07) is 5.40. The van der Waals surface area contributed by atoms with Gasteiger partial charge in [0, 0.05) is 19.2 Å². The zero-order valence-electron chi connectivity index (χ0n) is 10.9. The smallest absolute Gasteiger partial charge is 0.274 e. The van der Waals surface area contributed by atoms with Crippen molar-refractivity contribution in [1.29, 1.82) is 0 Å². The Hall–Kier alpha value is -2.04. The molecule has 0 radical (unpaired) electrons. The first-order chi connectivity index (χ1) is 9.24. The summed E-state index contributed by atoms with van der Waals surface area (Å²) in [7, 11) is 0. The molecule has 0 aliphatic carbocycles. The van der Waals surface area contributed by atoms with Gasteiger partial charge in [-0.3, -0.25) is 9.89 Å². The number of likely N-dealkylation sites (tertiary alicyclic amines) is 1. The lowest BCUT2D eigenvalue weighted by Crippen LogP contribution is -2.39. The number of amides is 1. The highest BCUT2D eigenvalue weighted by atomic mass is 16.3. The molecule has 1 aliphatic rings. The first-order valence-corrected chi connectivity index (χ1v) is 6.62. The summed E-state index contributed by atoms with van der Waals surface area (Å²) < 4.78 is 5.28. The van der Waals surface area contributed by atoms with Crippen molar-refractivity contribution in [2.24, 2.45) is 5.92 Å². The third kappa shape index (κ3) is 2.41. The highest BCUT2D eigenvalue weighted by Crippen LogP contribution is 2.21. The number of piperidine rings is 1. The number of rotatable bonds is 2. The Balaban J connectivity index is 1.77. The number of aromatic amines is 1. The van der Waals surface area contributed by atoms with Crippen LogP contribution in [0, 0.1) is 5.92 Å². The van der Waals surface area contributed by atoms with E-state index in [0.717, 1.165) is 25.2 Å². The molecular weight excluding hydrogens is 242 g/mol. The van der Waals surface area contributed by atoms with Crippen molar-refractivity contribution in [2.75, 3.05) is 13.1 Å². The van der Waals surface area contributed by atoms with E-state index in [0.29, 0.717) is 17.4 Å². The average molecular weight is 259 g/mol. The van der Waals surface area contributed by atoms with E-state index in [9.17, 15) is 4.79 Å². The minimum Gasteiger partial charge on any atom is -0.463 e. The molecule has 100 valence electrons. The van der Waals surface area contributed by atoms with Crippen LogP contribution in [0.3, 0.4) is 0 Å². The lowest BCUT2D eigenvalue weighted by atomic mass is 10.00. The second-order valence-electron chi connectivity index (χ2n) is 5.14. The fourth-order valence-corrected chi connectivity index (χ4v) is 2.53. The fraction of sp³-hybridized carbons (Fsp3) is 0.429. The van der Waals surface area contributed by atoms with Crippen LogP contribution in [0.4, 0.5) is 0 Å². The highest BCUT2D eigenvalue weighted by molar-refractivity contribution is 5.93. The van der Waals surface area contributed by atoms with Gasteiger partial charge in [-0.2, -0.15) is 5.10 Å². The molecule has 3 heterocycles. The molecular formula is C14H17N3O2. The Kier molecular flexibility index (Phi) is 3.11. The predicted molar refractivity (Wildman–Crippen MR) is 70.6 cm³/mol. The molecule has 3 rings (SSSR count). The lowest BCUT2D eigenvalue weighted by Gasteiger charge is -2.30. The van der Waals surface area contributed by atoms with Gasteiger partial charge in [0.1, 0.15) is 5.69 Å². The maximum atomic E-state index is 12.3. The molecule has 1 saturated heterocycles. The van der Waals surface area contributed by atoms with Gasteiger partial charge in [-0.1, -0.05) is 6.92 Å². The monoisotopic (exact) mass is 259 g/mol. The minimum atomic E-state index is 0.000561. The maximum absolute atomic E-state index is 12.3. The summed E-state index contributed by atoms with van der Waals surface area (Å²) in [6.45, 7) is 3.83. The van der Waals surface area contributed by atoms with E-state index in [-0.39, 0.29) is 5.91 Å². The molecule has 1 fully saturated rings. The van der Waals surface area contributed by atoms with Gasteiger partial charge in [0.05, 0.1) is 6.26 Å². The number of carbonyl (C=O) groups excluding carboxylic acids is 1. The highest BCUT2D eigenvalue weighted by Gasteiger charge is 2.24. The van der Waals surface area contributed by atoms with E-state index in [1.54, 1.807) is 12.3 Å². The van der Waals surface area contributed by atoms with Crippen molar-refractivity contribution in [2.45, 2.75) is 19.8 Å². The summed E-state index contributed by atoms with van der Waals surface area (Å²) in [5.41, 5.74) is 1.19. The van der Waals surface area contributed by atoms with Crippen LogP contribution in [0.5, 0.6) is 0 Å². The number of nitrogens with zero attached hydrogens (tertiary/aromatic N) is 2. The van der Waals surface area contributed by atoms with Gasteiger partial charge >= 0.3 is 0 Å². The van der Waals surface area contributed by atoms with Crippen LogP contribution in [-0.2, 0) is 0 Å². The Morgan fingerprint density at radius 2 is 2.47 bits per heavy atom. The van der Waals surface area contributed by atoms with Crippen LogP contribution in [0.25, 0.3) is 11.5 Å². The second kappa shape index (κ2) is 4.91. The third-order valence-electron chi connectivity index (χ3n) is 3.53. The number of hydrogen-bond acceptors (Lipinski definition) is 3. The molecule has 19 heavy (non-hydrogen) atoms. The summed E-state index contributed by atoms with van der Waals surface area (Å²) >= 11 is 0. The molecule has 0 saturated carbocycles. The number of carbonyl (C=O) groups is 1. The van der Waals surface area contributed by atoms with Crippen molar-refractivity contribution in [3.05, 3.63) is 30.2 Å². The van der Waals surface area contributed by atoms with E-state index in [1.165, 1.54) is 6.42 Å². The van der Waals surface area contributed by atoms with Crippen LogP contribution >= 0.6 is 0 Å². The fourth-order valence-electron chi connectivity index (χ4n) is 2.53. The second-order valence-corrected chi connectivity index (χ2v) is 5.14. The largest absolute Gasteiger partial charge is 0.463 e. The summed E-state index contributed by atoms with van der Waals surface area (Å²) in [5, 5.41) is 6.94. The maximum Gasteiger partial charge on any atom is 0.274 e. The molecule has 5 heteroatoms. The molecule has 1 amide bonds. The van der Waals surface area contributed by atoms with Gasteiger partial charge < -0.3 is 9.32 Å². The molecule has 2 aromatic heterocycles. The van der Waals surface area contributed by atoms with Crippen molar-refractivity contribution in [3.63, 3.8) is 0 Å². The van der Waals surface area contributed by atoms with Crippen molar-refractivity contribution in [1.82, 2.24) is 15.1 Å². The van der Waals surface area contributed by atoms with E-state index < -0.39 is 0 Å². The van der Waals surface area contributed by atoms with Gasteiger partial charge in [-0.05, 0) is 30.9 Å². The average Bonchev–Trinajstić information content (AvgIpc) is 3.08. The van der Waals surface area contributed by atoms with Crippen molar-refractivity contribution in [3.8, 4) is 11.5 Å². The predicted octanol–water partition coefficient (Wildman–Crippen LogP) is 2.54. The van der Waals surface area contributed by atoms with E-state index in [4.69, 9.17) is 4.42 Å². The molecule has 0 bridgehead atoms. The van der Waals surface area contributed by atoms with Crippen LogP contribution in [0.15, 0.2) is 28.9 Å². The van der Waals surface area contributed by atoms with E-state index in [1.807, 2.05) is 17.0 Å². The molecule has 1 atom stereocenters. The van der Waals surface area contributed by atoms with Crippen LogP contribution in [0.1, 0.15) is 30.3 Å². The van der Waals surface area contributed by atoms with Crippen LogP contribution in [0.2, 0.25) is 0 Å². The molecule has 0 spiro atoms. The number of furan rings is 1. The molecule has 1 N–H and O–H groups in total. The normalized spacial score (nSPS) is 19.6. The Labute approximate surface area is 111 Å². The molecule has 1 aliphatic heterocycles. The lowest BCUT2D eigenvalue weighted by molar-refractivity contribution is 0.0677. The van der Waals surface area contributed by atoms with Gasteiger partial charge in [0.15, 0.2) is 11.5 Å². The van der Waals surface area contributed by atoms with E-state index in [2.05, 4.69) is 17.1 Å². The minimum absolute atomic E-state index is 0.000561. The van der Waals surface area contributed by atoms with E-state index >= 15 is 0 Å². The molecule has 2 aromatic rings. The van der Waals surface area contributed by atoms with Gasteiger partial charge in [0.25, 0.3) is 5.91 Å². The Morgan fingerprint density at radius 1 is 1.58 bits per heavy atom. The van der Waals surface area contributed by atoms with Gasteiger partial charge in [-0.25, -0.2) is 0 Å². The number of nitrogens with one attached hydrogen (secondary N) is 1.